The largest absolute Gasteiger partial charge is 0.492 e. The molecule has 2 rings (SSSR count). The van der Waals surface area contributed by atoms with Gasteiger partial charge in [-0.15, -0.1) is 0 Å². The molecule has 0 aromatic heterocycles. The summed E-state index contributed by atoms with van der Waals surface area (Å²) in [6.45, 7) is 1.21. The summed E-state index contributed by atoms with van der Waals surface area (Å²) in [6.07, 6.45) is 1.90. The highest BCUT2D eigenvalue weighted by atomic mass is 35.5. The maximum atomic E-state index is 9.91. The normalized spacial score (nSPS) is 16.9. The van der Waals surface area contributed by atoms with Crippen molar-refractivity contribution in [2.24, 2.45) is 5.92 Å². The third-order valence-corrected chi connectivity index (χ3v) is 3.33. The summed E-state index contributed by atoms with van der Waals surface area (Å²) in [7, 11) is 1.80. The lowest BCUT2D eigenvalue weighted by molar-refractivity contribution is 0.177. The van der Waals surface area contributed by atoms with Gasteiger partial charge < -0.3 is 15.2 Å². The number of aliphatic hydroxyl groups is 1. The lowest BCUT2D eigenvalue weighted by atomic mass is 10.1. The Morgan fingerprint density at radius 1 is 1.53 bits per heavy atom. The Kier molecular flexibility index (Phi) is 4.26. The molecule has 0 amide bonds. The van der Waals surface area contributed by atoms with Crippen molar-refractivity contribution < 1.29 is 9.84 Å². The van der Waals surface area contributed by atoms with Crippen LogP contribution in [0.5, 0.6) is 5.75 Å². The molecule has 1 aromatic carbocycles. The third-order valence-electron chi connectivity index (χ3n) is 2.92. The second kappa shape index (κ2) is 5.71. The molecule has 1 aromatic rings. The van der Waals surface area contributed by atoms with Gasteiger partial charge in [0.2, 0.25) is 0 Å². The predicted octanol–water partition coefficient (Wildman–Crippen LogP) is 2.38. The third kappa shape index (κ3) is 3.35. The Morgan fingerprint density at radius 2 is 2.29 bits per heavy atom. The maximum absolute atomic E-state index is 9.91. The first-order valence-corrected chi connectivity index (χ1v) is 6.34. The molecule has 0 heterocycles. The number of hydrogen-bond donors (Lipinski definition) is 2. The Hall–Kier alpha value is -0.770. The number of hydrogen-bond acceptors (Lipinski definition) is 3. The second-order valence-corrected chi connectivity index (χ2v) is 4.87. The number of nitrogens with one attached hydrogen (secondary N) is 1. The highest BCUT2D eigenvalue weighted by Gasteiger charge is 2.23. The van der Waals surface area contributed by atoms with Crippen molar-refractivity contribution in [3.63, 3.8) is 0 Å². The van der Waals surface area contributed by atoms with E-state index in [1.54, 1.807) is 7.05 Å². The zero-order valence-electron chi connectivity index (χ0n) is 9.95. The number of aliphatic hydroxyl groups excluding tert-OH is 1. The molecule has 1 fully saturated rings. The molecule has 1 aliphatic rings. The van der Waals surface area contributed by atoms with Crippen LogP contribution < -0.4 is 10.1 Å². The molecule has 2 N–H and O–H groups in total. The summed E-state index contributed by atoms with van der Waals surface area (Å²) in [5, 5.41) is 13.4. The summed E-state index contributed by atoms with van der Waals surface area (Å²) >= 11 is 6.23. The minimum Gasteiger partial charge on any atom is -0.492 e. The quantitative estimate of drug-likeness (QED) is 0.820. The molecular formula is C13H18ClNO2. The number of ether oxygens (including phenoxy) is 1. The van der Waals surface area contributed by atoms with Crippen LogP contribution in [0.1, 0.15) is 24.5 Å². The molecule has 94 valence electrons. The van der Waals surface area contributed by atoms with E-state index in [-0.39, 0.29) is 0 Å². The van der Waals surface area contributed by atoms with E-state index in [1.165, 1.54) is 12.8 Å². The van der Waals surface area contributed by atoms with Gasteiger partial charge in [-0.25, -0.2) is 0 Å². The summed E-state index contributed by atoms with van der Waals surface area (Å²) in [5.74, 6) is 1.36. The van der Waals surface area contributed by atoms with Crippen LogP contribution in [0.15, 0.2) is 18.2 Å². The second-order valence-electron chi connectivity index (χ2n) is 4.49. The fourth-order valence-electron chi connectivity index (χ4n) is 1.69. The molecule has 4 heteroatoms. The van der Waals surface area contributed by atoms with E-state index < -0.39 is 6.10 Å². The van der Waals surface area contributed by atoms with Crippen LogP contribution in [0, 0.1) is 5.92 Å². The van der Waals surface area contributed by atoms with Gasteiger partial charge in [0, 0.05) is 12.1 Å². The van der Waals surface area contributed by atoms with Crippen LogP contribution in [0.25, 0.3) is 0 Å². The SMILES string of the molecule is CNCC(O)c1cccc(OCC2CC2)c1Cl. The summed E-state index contributed by atoms with van der Waals surface area (Å²) in [5.41, 5.74) is 0.717. The van der Waals surface area contributed by atoms with Gasteiger partial charge in [0.25, 0.3) is 0 Å². The first-order chi connectivity index (χ1) is 8.22. The van der Waals surface area contributed by atoms with Crippen LogP contribution in [-0.2, 0) is 0 Å². The number of likely N-dealkylation sites (N-methyl/N-ethyl adjacent to an activating group) is 1. The van der Waals surface area contributed by atoms with E-state index in [4.69, 9.17) is 16.3 Å². The zero-order valence-corrected chi connectivity index (χ0v) is 10.7. The molecule has 0 spiro atoms. The smallest absolute Gasteiger partial charge is 0.138 e. The van der Waals surface area contributed by atoms with E-state index in [9.17, 15) is 5.11 Å². The van der Waals surface area contributed by atoms with Crippen LogP contribution in [0.2, 0.25) is 5.02 Å². The van der Waals surface area contributed by atoms with Crippen LogP contribution in [0.3, 0.4) is 0 Å². The van der Waals surface area contributed by atoms with Gasteiger partial charge in [-0.1, -0.05) is 23.7 Å². The Bertz CT molecular complexity index is 380. The summed E-state index contributed by atoms with van der Waals surface area (Å²) in [4.78, 5) is 0. The lowest BCUT2D eigenvalue weighted by Gasteiger charge is -2.15. The molecular weight excluding hydrogens is 238 g/mol. The van der Waals surface area contributed by atoms with Crippen molar-refractivity contribution >= 4 is 11.6 Å². The fraction of sp³-hybridized carbons (Fsp3) is 0.538. The van der Waals surface area contributed by atoms with Crippen LogP contribution >= 0.6 is 11.6 Å². The van der Waals surface area contributed by atoms with Crippen molar-refractivity contribution in [2.75, 3.05) is 20.2 Å². The van der Waals surface area contributed by atoms with Crippen molar-refractivity contribution in [3.8, 4) is 5.75 Å². The Morgan fingerprint density at radius 3 is 2.94 bits per heavy atom. The van der Waals surface area contributed by atoms with Gasteiger partial charge in [-0.3, -0.25) is 0 Å². The first kappa shape index (κ1) is 12.7. The topological polar surface area (TPSA) is 41.5 Å². The zero-order chi connectivity index (χ0) is 12.3. The number of benzene rings is 1. The van der Waals surface area contributed by atoms with Gasteiger partial charge in [0.15, 0.2) is 0 Å². The van der Waals surface area contributed by atoms with Gasteiger partial charge >= 0.3 is 0 Å². The van der Waals surface area contributed by atoms with E-state index in [1.807, 2.05) is 18.2 Å². The number of halogens is 1. The van der Waals surface area contributed by atoms with Crippen molar-refractivity contribution in [3.05, 3.63) is 28.8 Å². The first-order valence-electron chi connectivity index (χ1n) is 5.96. The Labute approximate surface area is 107 Å². The summed E-state index contributed by atoms with van der Waals surface area (Å²) < 4.78 is 5.67. The van der Waals surface area contributed by atoms with Crippen molar-refractivity contribution in [2.45, 2.75) is 18.9 Å². The highest BCUT2D eigenvalue weighted by molar-refractivity contribution is 6.32. The molecule has 0 bridgehead atoms. The van der Waals surface area contributed by atoms with Gasteiger partial charge in [-0.05, 0) is 31.9 Å². The minimum absolute atomic E-state index is 0.478. The van der Waals surface area contributed by atoms with Crippen molar-refractivity contribution in [1.29, 1.82) is 0 Å². The van der Waals surface area contributed by atoms with E-state index in [0.717, 1.165) is 6.61 Å². The molecule has 1 aliphatic carbocycles. The molecule has 0 radical (unpaired) electrons. The standard InChI is InChI=1S/C13H18ClNO2/c1-15-7-11(16)10-3-2-4-12(13(10)14)17-8-9-5-6-9/h2-4,9,11,15-16H,5-8H2,1H3. The molecule has 0 saturated heterocycles. The van der Waals surface area contributed by atoms with Gasteiger partial charge in [0.05, 0.1) is 17.7 Å². The average Bonchev–Trinajstić information content (AvgIpc) is 3.12. The number of rotatable bonds is 6. The van der Waals surface area contributed by atoms with Gasteiger partial charge in [0.1, 0.15) is 5.75 Å². The van der Waals surface area contributed by atoms with Crippen molar-refractivity contribution in [1.82, 2.24) is 5.32 Å². The van der Waals surface area contributed by atoms with E-state index in [2.05, 4.69) is 5.32 Å². The fourth-order valence-corrected chi connectivity index (χ4v) is 2.00. The van der Waals surface area contributed by atoms with Crippen LogP contribution in [0.4, 0.5) is 0 Å². The molecule has 3 nitrogen and oxygen atoms in total. The molecule has 1 atom stereocenters. The van der Waals surface area contributed by atoms with Crippen LogP contribution in [-0.4, -0.2) is 25.3 Å². The lowest BCUT2D eigenvalue weighted by Crippen LogP contribution is -2.17. The van der Waals surface area contributed by atoms with Gasteiger partial charge in [-0.2, -0.15) is 0 Å². The molecule has 0 aliphatic heterocycles. The molecule has 1 unspecified atom stereocenters. The van der Waals surface area contributed by atoms with E-state index >= 15 is 0 Å². The summed E-state index contributed by atoms with van der Waals surface area (Å²) in [6, 6.07) is 5.54. The highest BCUT2D eigenvalue weighted by Crippen LogP contribution is 2.34. The monoisotopic (exact) mass is 255 g/mol. The predicted molar refractivity (Wildman–Crippen MR) is 68.6 cm³/mol. The Balaban J connectivity index is 2.07. The maximum Gasteiger partial charge on any atom is 0.138 e. The molecule has 17 heavy (non-hydrogen) atoms. The average molecular weight is 256 g/mol. The minimum atomic E-state index is -0.600. The van der Waals surface area contributed by atoms with E-state index in [0.29, 0.717) is 28.8 Å². The molecule has 1 saturated carbocycles.